The van der Waals surface area contributed by atoms with Gasteiger partial charge in [-0.25, -0.2) is 13.4 Å². The van der Waals surface area contributed by atoms with Crippen molar-refractivity contribution < 1.29 is 12.9 Å². The van der Waals surface area contributed by atoms with Crippen LogP contribution in [0, 0.1) is 0 Å². The monoisotopic (exact) mass is 445 g/mol. The Kier molecular flexibility index (Phi) is 5.30. The fourth-order valence-corrected chi connectivity index (χ4v) is 6.82. The summed E-state index contributed by atoms with van der Waals surface area (Å²) in [7, 11) is -3.55. The smallest absolute Gasteiger partial charge is 0.252 e. The van der Waals surface area contributed by atoms with E-state index in [1.54, 1.807) is 21.9 Å². The number of sulfonamides is 1. The largest absolute Gasteiger partial charge is 0.354 e. The second-order valence-corrected chi connectivity index (χ2v) is 10.7. The molecule has 5 rings (SSSR count). The zero-order valence-corrected chi connectivity index (χ0v) is 18.1. The maximum absolute atomic E-state index is 13.1. The number of hydrogen-bond acceptors (Lipinski definition) is 8. The highest BCUT2D eigenvalue weighted by Crippen LogP contribution is 2.35. The number of piperazine rings is 1. The molecule has 4 heterocycles. The quantitative estimate of drug-likeness (QED) is 0.594. The van der Waals surface area contributed by atoms with Crippen LogP contribution in [0.2, 0.25) is 0 Å². The number of aromatic nitrogens is 3. The predicted molar refractivity (Wildman–Crippen MR) is 114 cm³/mol. The summed E-state index contributed by atoms with van der Waals surface area (Å²) in [5.41, 5.74) is 0.693. The molecule has 30 heavy (non-hydrogen) atoms. The van der Waals surface area contributed by atoms with Gasteiger partial charge in [0.2, 0.25) is 11.7 Å². The summed E-state index contributed by atoms with van der Waals surface area (Å²) in [4.78, 5) is 11.0. The van der Waals surface area contributed by atoms with Crippen LogP contribution in [0.5, 0.6) is 0 Å². The number of thiophene rings is 1. The summed E-state index contributed by atoms with van der Waals surface area (Å²) >= 11 is 1.21. The van der Waals surface area contributed by atoms with Gasteiger partial charge in [-0.2, -0.15) is 9.29 Å². The first kappa shape index (κ1) is 19.7. The Bertz CT molecular complexity index is 1100. The molecule has 0 bridgehead atoms. The molecule has 10 heteroatoms. The van der Waals surface area contributed by atoms with Gasteiger partial charge in [0.1, 0.15) is 10.0 Å². The van der Waals surface area contributed by atoms with Gasteiger partial charge in [-0.15, -0.1) is 11.3 Å². The van der Waals surface area contributed by atoms with Crippen molar-refractivity contribution in [1.82, 2.24) is 19.4 Å². The molecule has 1 aliphatic carbocycles. The number of rotatable bonds is 5. The highest BCUT2D eigenvalue weighted by Gasteiger charge is 2.31. The van der Waals surface area contributed by atoms with E-state index in [4.69, 9.17) is 4.52 Å². The molecule has 2 aliphatic rings. The maximum Gasteiger partial charge on any atom is 0.252 e. The van der Waals surface area contributed by atoms with Crippen molar-refractivity contribution in [1.29, 1.82) is 0 Å². The molecule has 1 saturated heterocycles. The maximum atomic E-state index is 13.1. The first-order valence-corrected chi connectivity index (χ1v) is 12.5. The van der Waals surface area contributed by atoms with Crippen LogP contribution >= 0.6 is 11.3 Å². The molecule has 0 amide bonds. The molecule has 2 fully saturated rings. The van der Waals surface area contributed by atoms with Gasteiger partial charge in [0, 0.05) is 49.2 Å². The van der Waals surface area contributed by atoms with Crippen molar-refractivity contribution in [2.24, 2.45) is 0 Å². The topological polar surface area (TPSA) is 92.4 Å². The Balaban J connectivity index is 1.28. The van der Waals surface area contributed by atoms with Crippen molar-refractivity contribution in [3.63, 3.8) is 0 Å². The van der Waals surface area contributed by atoms with Gasteiger partial charge in [-0.05, 0) is 31.0 Å². The van der Waals surface area contributed by atoms with E-state index in [0.29, 0.717) is 53.6 Å². The third-order valence-electron chi connectivity index (χ3n) is 5.79. The molecule has 158 valence electrons. The van der Waals surface area contributed by atoms with Crippen molar-refractivity contribution in [2.45, 2.75) is 35.8 Å². The van der Waals surface area contributed by atoms with E-state index in [0.717, 1.165) is 18.7 Å². The average molecular weight is 446 g/mol. The van der Waals surface area contributed by atoms with Crippen molar-refractivity contribution in [3.8, 4) is 11.4 Å². The van der Waals surface area contributed by atoms with Crippen LogP contribution in [0.3, 0.4) is 0 Å². The fraction of sp³-hybridized carbons (Fsp3) is 0.450. The third-order valence-corrected chi connectivity index (χ3v) is 9.10. The molecular formula is C20H23N5O3S2. The Morgan fingerprint density at radius 1 is 1.10 bits per heavy atom. The van der Waals surface area contributed by atoms with Crippen LogP contribution in [-0.4, -0.2) is 54.0 Å². The van der Waals surface area contributed by atoms with Crippen LogP contribution in [0.1, 0.15) is 37.5 Å². The number of anilines is 1. The van der Waals surface area contributed by atoms with Crippen molar-refractivity contribution >= 4 is 27.2 Å². The number of pyridine rings is 1. The molecule has 0 radical (unpaired) electrons. The Morgan fingerprint density at radius 3 is 2.63 bits per heavy atom. The molecule has 0 aromatic carbocycles. The van der Waals surface area contributed by atoms with E-state index in [2.05, 4.69) is 20.0 Å². The summed E-state index contributed by atoms with van der Waals surface area (Å²) in [5, 5.41) is 5.87. The Morgan fingerprint density at radius 2 is 1.90 bits per heavy atom. The van der Waals surface area contributed by atoms with Crippen molar-refractivity contribution in [3.05, 3.63) is 41.7 Å². The standard InChI is InChI=1S/C20H23N5O3S2/c26-30(27,25-11-9-24(10-12-25)17-7-3-4-8-21-17)18-13-16(14-29-18)19-22-20(28-23-19)15-5-1-2-6-15/h3-4,7-8,13-15H,1-2,5-6,9-12H2. The molecule has 0 atom stereocenters. The summed E-state index contributed by atoms with van der Waals surface area (Å²) < 4.78 is 33.6. The molecule has 3 aromatic rings. The van der Waals surface area contributed by atoms with E-state index in [1.807, 2.05) is 18.2 Å². The van der Waals surface area contributed by atoms with Gasteiger partial charge in [-0.1, -0.05) is 24.1 Å². The van der Waals surface area contributed by atoms with Gasteiger partial charge in [0.15, 0.2) is 0 Å². The van der Waals surface area contributed by atoms with Crippen LogP contribution in [0.25, 0.3) is 11.4 Å². The summed E-state index contributed by atoms with van der Waals surface area (Å²) in [6.07, 6.45) is 6.29. The normalized spacial score (nSPS) is 18.9. The zero-order valence-electron chi connectivity index (χ0n) is 16.5. The third kappa shape index (κ3) is 3.75. The van der Waals surface area contributed by atoms with Crippen LogP contribution in [0.4, 0.5) is 5.82 Å². The van der Waals surface area contributed by atoms with Gasteiger partial charge < -0.3 is 9.42 Å². The van der Waals surface area contributed by atoms with E-state index < -0.39 is 10.0 Å². The zero-order chi connectivity index (χ0) is 20.6. The van der Waals surface area contributed by atoms with Gasteiger partial charge in [0.25, 0.3) is 10.0 Å². The average Bonchev–Trinajstić information content (AvgIpc) is 3.55. The lowest BCUT2D eigenvalue weighted by Crippen LogP contribution is -2.48. The molecule has 0 unspecified atom stereocenters. The van der Waals surface area contributed by atoms with E-state index in [-0.39, 0.29) is 0 Å². The van der Waals surface area contributed by atoms with E-state index >= 15 is 0 Å². The molecule has 0 N–H and O–H groups in total. The SMILES string of the molecule is O=S(=O)(c1cc(-c2noc(C3CCCC3)n2)cs1)N1CCN(c2ccccn2)CC1. The minimum atomic E-state index is -3.55. The lowest BCUT2D eigenvalue weighted by molar-refractivity contribution is 0.354. The molecule has 1 aliphatic heterocycles. The van der Waals surface area contributed by atoms with E-state index in [1.165, 1.54) is 24.2 Å². The summed E-state index contributed by atoms with van der Waals surface area (Å²) in [5.74, 6) is 2.35. The minimum absolute atomic E-state index is 0.316. The fourth-order valence-electron chi connectivity index (χ4n) is 4.09. The van der Waals surface area contributed by atoms with Gasteiger partial charge >= 0.3 is 0 Å². The highest BCUT2D eigenvalue weighted by atomic mass is 32.2. The van der Waals surface area contributed by atoms with Crippen LogP contribution in [-0.2, 0) is 10.0 Å². The van der Waals surface area contributed by atoms with Crippen LogP contribution in [0.15, 0.2) is 44.6 Å². The second kappa shape index (κ2) is 8.09. The molecule has 1 saturated carbocycles. The van der Waals surface area contributed by atoms with Crippen LogP contribution < -0.4 is 4.90 Å². The predicted octanol–water partition coefficient (Wildman–Crippen LogP) is 3.36. The molecule has 8 nitrogen and oxygen atoms in total. The lowest BCUT2D eigenvalue weighted by Gasteiger charge is -2.34. The molecular weight excluding hydrogens is 422 g/mol. The highest BCUT2D eigenvalue weighted by molar-refractivity contribution is 7.91. The Labute approximate surface area is 179 Å². The molecule has 3 aromatic heterocycles. The first-order chi connectivity index (χ1) is 14.6. The number of hydrogen-bond donors (Lipinski definition) is 0. The van der Waals surface area contributed by atoms with E-state index in [9.17, 15) is 8.42 Å². The van der Waals surface area contributed by atoms with Crippen molar-refractivity contribution in [2.75, 3.05) is 31.1 Å². The van der Waals surface area contributed by atoms with Gasteiger partial charge in [-0.3, -0.25) is 0 Å². The lowest BCUT2D eigenvalue weighted by atomic mass is 10.1. The summed E-state index contributed by atoms with van der Waals surface area (Å²) in [6.45, 7) is 2.09. The first-order valence-electron chi connectivity index (χ1n) is 10.2. The second-order valence-electron chi connectivity index (χ2n) is 7.67. The van der Waals surface area contributed by atoms with Gasteiger partial charge in [0.05, 0.1) is 0 Å². The molecule has 0 spiro atoms. The summed E-state index contributed by atoms with van der Waals surface area (Å²) in [6, 6.07) is 7.42. The Hall–Kier alpha value is -2.30. The number of nitrogens with zero attached hydrogens (tertiary/aromatic N) is 5. The minimum Gasteiger partial charge on any atom is -0.354 e.